The Hall–Kier alpha value is -1.37. The smallest absolute Gasteiger partial charge is 0.0933 e. The molecule has 0 aliphatic rings. The van der Waals surface area contributed by atoms with Crippen LogP contribution in [0.4, 0.5) is 0 Å². The summed E-state index contributed by atoms with van der Waals surface area (Å²) >= 11 is 0. The molecule has 1 aromatic carbocycles. The summed E-state index contributed by atoms with van der Waals surface area (Å²) < 4.78 is 0. The summed E-state index contributed by atoms with van der Waals surface area (Å²) in [5.74, 6) is 0.341. The van der Waals surface area contributed by atoms with Crippen LogP contribution in [0, 0.1) is 23.2 Å². The predicted octanol–water partition coefficient (Wildman–Crippen LogP) is 2.50. The van der Waals surface area contributed by atoms with E-state index < -0.39 is 0 Å². The molecule has 1 aromatic rings. The topological polar surface area (TPSA) is 45.0 Å². The second-order valence-electron chi connectivity index (χ2n) is 4.10. The van der Waals surface area contributed by atoms with Crippen molar-refractivity contribution in [2.45, 2.75) is 20.5 Å². The Morgan fingerprint density at radius 1 is 1.31 bits per heavy atom. The van der Waals surface area contributed by atoms with Crippen LogP contribution in [0.1, 0.15) is 19.4 Å². The van der Waals surface area contributed by atoms with E-state index in [9.17, 15) is 0 Å². The Morgan fingerprint density at radius 3 is 2.56 bits per heavy atom. The fourth-order valence-corrected chi connectivity index (χ4v) is 1.29. The quantitative estimate of drug-likeness (QED) is 0.589. The van der Waals surface area contributed by atoms with Crippen molar-refractivity contribution in [1.29, 1.82) is 5.26 Å². The number of benzene rings is 1. The van der Waals surface area contributed by atoms with Crippen molar-refractivity contribution in [2.24, 2.45) is 11.8 Å². The molecule has 0 saturated carbocycles. The van der Waals surface area contributed by atoms with Gasteiger partial charge in [-0.25, -0.2) is 5.48 Å². The van der Waals surface area contributed by atoms with E-state index in [1.54, 1.807) is 0 Å². The highest BCUT2D eigenvalue weighted by Crippen LogP contribution is 2.07. The van der Waals surface area contributed by atoms with E-state index in [4.69, 9.17) is 10.1 Å². The van der Waals surface area contributed by atoms with Gasteiger partial charge in [0.2, 0.25) is 0 Å². The van der Waals surface area contributed by atoms with E-state index in [0.29, 0.717) is 19.1 Å². The third-order valence-electron chi connectivity index (χ3n) is 2.46. The Morgan fingerprint density at radius 2 is 2.00 bits per heavy atom. The molecule has 3 nitrogen and oxygen atoms in total. The molecule has 0 aromatic heterocycles. The van der Waals surface area contributed by atoms with Gasteiger partial charge in [-0.2, -0.15) is 5.26 Å². The lowest BCUT2D eigenvalue weighted by Crippen LogP contribution is -2.25. The van der Waals surface area contributed by atoms with Gasteiger partial charge in [0.1, 0.15) is 0 Å². The normalized spacial score (nSPS) is 12.4. The van der Waals surface area contributed by atoms with Gasteiger partial charge in [0.05, 0.1) is 18.6 Å². The lowest BCUT2D eigenvalue weighted by Gasteiger charge is -2.13. The maximum Gasteiger partial charge on any atom is 0.0933 e. The summed E-state index contributed by atoms with van der Waals surface area (Å²) in [7, 11) is 0. The molecular formula is C13H18N2O. The third kappa shape index (κ3) is 4.43. The molecule has 0 fully saturated rings. The number of nitrogens with one attached hydrogen (secondary N) is 1. The number of rotatable bonds is 6. The molecule has 0 radical (unpaired) electrons. The molecule has 1 rings (SSSR count). The zero-order valence-electron chi connectivity index (χ0n) is 9.81. The van der Waals surface area contributed by atoms with Crippen molar-refractivity contribution in [3.05, 3.63) is 35.9 Å². The summed E-state index contributed by atoms with van der Waals surface area (Å²) in [5.41, 5.74) is 3.96. The minimum Gasteiger partial charge on any atom is -0.297 e. The summed E-state index contributed by atoms with van der Waals surface area (Å²) in [6, 6.07) is 12.2. The van der Waals surface area contributed by atoms with Crippen LogP contribution in [0.25, 0.3) is 0 Å². The van der Waals surface area contributed by atoms with Gasteiger partial charge in [-0.15, -0.1) is 0 Å². The highest BCUT2D eigenvalue weighted by atomic mass is 16.6. The lowest BCUT2D eigenvalue weighted by atomic mass is 9.98. The Balaban J connectivity index is 2.20. The van der Waals surface area contributed by atoms with Gasteiger partial charge in [0.25, 0.3) is 0 Å². The number of hydrogen-bond donors (Lipinski definition) is 1. The molecule has 0 saturated heterocycles. The van der Waals surface area contributed by atoms with Gasteiger partial charge in [-0.3, -0.25) is 4.84 Å². The van der Waals surface area contributed by atoms with Crippen molar-refractivity contribution in [3.63, 3.8) is 0 Å². The largest absolute Gasteiger partial charge is 0.297 e. The minimum atomic E-state index is -0.00391. The van der Waals surface area contributed by atoms with Crippen molar-refractivity contribution < 1.29 is 4.84 Å². The molecule has 0 heterocycles. The number of hydrogen-bond acceptors (Lipinski definition) is 3. The molecular weight excluding hydrogens is 200 g/mol. The summed E-state index contributed by atoms with van der Waals surface area (Å²) in [4.78, 5) is 5.30. The van der Waals surface area contributed by atoms with Crippen LogP contribution in [0.5, 0.6) is 0 Å². The maximum absolute atomic E-state index is 8.87. The Bertz CT molecular complexity index is 330. The average molecular weight is 218 g/mol. The van der Waals surface area contributed by atoms with E-state index in [-0.39, 0.29) is 5.92 Å². The molecule has 0 amide bonds. The SMILES string of the molecule is CC(C)C(C#N)CNOCc1ccccc1. The molecule has 1 N–H and O–H groups in total. The first kappa shape index (κ1) is 12.7. The third-order valence-corrected chi connectivity index (χ3v) is 2.46. The van der Waals surface area contributed by atoms with Gasteiger partial charge in [-0.05, 0) is 11.5 Å². The molecule has 0 spiro atoms. The summed E-state index contributed by atoms with van der Waals surface area (Å²) in [6.45, 7) is 5.16. The van der Waals surface area contributed by atoms with Crippen LogP contribution in [0.2, 0.25) is 0 Å². The van der Waals surface area contributed by atoms with Gasteiger partial charge in [0.15, 0.2) is 0 Å². The van der Waals surface area contributed by atoms with Gasteiger partial charge in [-0.1, -0.05) is 44.2 Å². The van der Waals surface area contributed by atoms with E-state index in [0.717, 1.165) is 5.56 Å². The van der Waals surface area contributed by atoms with E-state index in [1.807, 2.05) is 44.2 Å². The van der Waals surface area contributed by atoms with Gasteiger partial charge < -0.3 is 0 Å². The Kier molecular flexibility index (Phi) is 5.55. The first-order valence-corrected chi connectivity index (χ1v) is 5.52. The molecule has 16 heavy (non-hydrogen) atoms. The lowest BCUT2D eigenvalue weighted by molar-refractivity contribution is 0.0204. The van der Waals surface area contributed by atoms with Gasteiger partial charge >= 0.3 is 0 Å². The van der Waals surface area contributed by atoms with Gasteiger partial charge in [0, 0.05) is 6.54 Å². The van der Waals surface area contributed by atoms with Crippen LogP contribution in [0.3, 0.4) is 0 Å². The summed E-state index contributed by atoms with van der Waals surface area (Å²) in [6.07, 6.45) is 0. The maximum atomic E-state index is 8.87. The highest BCUT2D eigenvalue weighted by Gasteiger charge is 2.11. The van der Waals surface area contributed by atoms with E-state index in [2.05, 4.69) is 11.5 Å². The van der Waals surface area contributed by atoms with E-state index >= 15 is 0 Å². The monoisotopic (exact) mass is 218 g/mol. The summed E-state index contributed by atoms with van der Waals surface area (Å²) in [5, 5.41) is 8.87. The van der Waals surface area contributed by atoms with Crippen LogP contribution >= 0.6 is 0 Å². The molecule has 0 aliphatic heterocycles. The minimum absolute atomic E-state index is 0.00391. The second kappa shape index (κ2) is 7.00. The van der Waals surface area contributed by atoms with Crippen LogP contribution in [0.15, 0.2) is 30.3 Å². The molecule has 1 atom stereocenters. The fourth-order valence-electron chi connectivity index (χ4n) is 1.29. The second-order valence-corrected chi connectivity index (χ2v) is 4.10. The Labute approximate surface area is 97.0 Å². The number of nitriles is 1. The molecule has 3 heteroatoms. The number of hydroxylamine groups is 1. The molecule has 0 bridgehead atoms. The number of nitrogens with zero attached hydrogens (tertiary/aromatic N) is 1. The van der Waals surface area contributed by atoms with Crippen LogP contribution in [-0.4, -0.2) is 6.54 Å². The van der Waals surface area contributed by atoms with Crippen molar-refractivity contribution >= 4 is 0 Å². The first-order chi connectivity index (χ1) is 7.74. The standard InChI is InChI=1S/C13H18N2O/c1-11(2)13(8-14)9-15-16-10-12-6-4-3-5-7-12/h3-7,11,13,15H,9-10H2,1-2H3. The van der Waals surface area contributed by atoms with Crippen molar-refractivity contribution in [1.82, 2.24) is 5.48 Å². The average Bonchev–Trinajstić information content (AvgIpc) is 2.30. The first-order valence-electron chi connectivity index (χ1n) is 5.52. The predicted molar refractivity (Wildman–Crippen MR) is 63.2 cm³/mol. The van der Waals surface area contributed by atoms with E-state index in [1.165, 1.54) is 0 Å². The fraction of sp³-hybridized carbons (Fsp3) is 0.462. The highest BCUT2D eigenvalue weighted by molar-refractivity contribution is 5.13. The molecule has 0 aliphatic carbocycles. The zero-order chi connectivity index (χ0) is 11.8. The van der Waals surface area contributed by atoms with Crippen LogP contribution in [-0.2, 0) is 11.4 Å². The zero-order valence-corrected chi connectivity index (χ0v) is 9.81. The molecule has 86 valence electrons. The van der Waals surface area contributed by atoms with Crippen LogP contribution < -0.4 is 5.48 Å². The van der Waals surface area contributed by atoms with Crippen molar-refractivity contribution in [2.75, 3.05) is 6.54 Å². The molecule has 1 unspecified atom stereocenters. The van der Waals surface area contributed by atoms with Crippen molar-refractivity contribution in [3.8, 4) is 6.07 Å².